The first-order valence-corrected chi connectivity index (χ1v) is 10.1. The second-order valence-corrected chi connectivity index (χ2v) is 8.33. The predicted octanol–water partition coefficient (Wildman–Crippen LogP) is 5.15. The fourth-order valence-corrected chi connectivity index (χ4v) is 4.28. The maximum absolute atomic E-state index is 12.6. The van der Waals surface area contributed by atoms with Gasteiger partial charge in [-0.3, -0.25) is 4.79 Å². The lowest BCUT2D eigenvalue weighted by atomic mass is 10.1. The molecule has 7 heteroatoms. The quantitative estimate of drug-likeness (QED) is 0.407. The third-order valence-electron chi connectivity index (χ3n) is 3.55. The molecule has 124 valence electrons. The molecule has 2 heterocycles. The van der Waals surface area contributed by atoms with Crippen LogP contribution in [0.15, 0.2) is 51.4 Å². The van der Waals surface area contributed by atoms with E-state index in [1.165, 1.54) is 11.8 Å². The van der Waals surface area contributed by atoms with Crippen molar-refractivity contribution in [3.05, 3.63) is 51.8 Å². The molecule has 0 radical (unpaired) electrons. The number of nitrogens with zero attached hydrogens (tertiary/aromatic N) is 3. The van der Waals surface area contributed by atoms with E-state index < -0.39 is 0 Å². The third-order valence-corrected chi connectivity index (χ3v) is 6.03. The van der Waals surface area contributed by atoms with Crippen LogP contribution in [-0.4, -0.2) is 25.8 Å². The summed E-state index contributed by atoms with van der Waals surface area (Å²) >= 11 is 6.48. The van der Waals surface area contributed by atoms with E-state index >= 15 is 0 Å². The van der Waals surface area contributed by atoms with Crippen molar-refractivity contribution in [2.45, 2.75) is 30.8 Å². The van der Waals surface area contributed by atoms with Crippen molar-refractivity contribution in [2.75, 3.05) is 0 Å². The number of halogens is 1. The van der Waals surface area contributed by atoms with E-state index in [1.807, 2.05) is 48.7 Å². The van der Waals surface area contributed by atoms with Gasteiger partial charge in [0.2, 0.25) is 0 Å². The van der Waals surface area contributed by atoms with E-state index in [0.29, 0.717) is 5.56 Å². The minimum Gasteiger partial charge on any atom is -0.302 e. The molecule has 24 heavy (non-hydrogen) atoms. The Bertz CT molecular complexity index is 828. The summed E-state index contributed by atoms with van der Waals surface area (Å²) in [5, 5.41) is 11.2. The number of aromatic nitrogens is 3. The monoisotopic (exact) mass is 421 g/mol. The molecule has 0 N–H and O–H groups in total. The zero-order chi connectivity index (χ0) is 17.1. The fraction of sp³-hybridized carbons (Fsp3) is 0.235. The fourth-order valence-electron chi connectivity index (χ4n) is 2.31. The van der Waals surface area contributed by atoms with Gasteiger partial charge >= 0.3 is 0 Å². The highest BCUT2D eigenvalue weighted by Crippen LogP contribution is 2.30. The number of hydrogen-bond acceptors (Lipinski definition) is 5. The van der Waals surface area contributed by atoms with Gasteiger partial charge in [-0.15, -0.1) is 21.5 Å². The molecule has 1 aromatic carbocycles. The topological polar surface area (TPSA) is 47.8 Å². The van der Waals surface area contributed by atoms with Gasteiger partial charge in [-0.05, 0) is 37.4 Å². The summed E-state index contributed by atoms with van der Waals surface area (Å²) in [6.45, 7) is 4.74. The van der Waals surface area contributed by atoms with Crippen LogP contribution in [0.1, 0.15) is 24.2 Å². The molecule has 3 rings (SSSR count). The summed E-state index contributed by atoms with van der Waals surface area (Å²) in [5.41, 5.74) is 0.708. The number of thiophene rings is 1. The molecular formula is C17H16BrN3OS2. The zero-order valence-electron chi connectivity index (χ0n) is 13.3. The number of Topliss-reactive ketones (excluding diaryl/α,β-unsaturated/α-hetero) is 1. The van der Waals surface area contributed by atoms with Crippen LogP contribution in [0.2, 0.25) is 0 Å². The predicted molar refractivity (Wildman–Crippen MR) is 103 cm³/mol. The summed E-state index contributed by atoms with van der Waals surface area (Å²) in [7, 11) is 0. The van der Waals surface area contributed by atoms with Gasteiger partial charge in [0.1, 0.15) is 0 Å². The van der Waals surface area contributed by atoms with Gasteiger partial charge in [-0.25, -0.2) is 0 Å². The highest BCUT2D eigenvalue weighted by molar-refractivity contribution is 9.10. The number of benzene rings is 1. The van der Waals surface area contributed by atoms with Crippen molar-refractivity contribution >= 4 is 44.8 Å². The van der Waals surface area contributed by atoms with Gasteiger partial charge in [0, 0.05) is 16.6 Å². The molecule has 0 amide bonds. The Hall–Kier alpha value is -1.44. The van der Waals surface area contributed by atoms with E-state index in [0.717, 1.165) is 26.9 Å². The van der Waals surface area contributed by atoms with Crippen LogP contribution < -0.4 is 0 Å². The van der Waals surface area contributed by atoms with Crippen LogP contribution in [0.25, 0.3) is 10.7 Å². The average Bonchev–Trinajstić information content (AvgIpc) is 3.23. The highest BCUT2D eigenvalue weighted by atomic mass is 79.9. The normalized spacial score (nSPS) is 12.3. The summed E-state index contributed by atoms with van der Waals surface area (Å²) in [6, 6.07) is 11.5. The van der Waals surface area contributed by atoms with Crippen molar-refractivity contribution in [2.24, 2.45) is 0 Å². The summed E-state index contributed by atoms with van der Waals surface area (Å²) < 4.78 is 3.02. The maximum Gasteiger partial charge on any atom is 0.192 e. The molecule has 3 aromatic rings. The van der Waals surface area contributed by atoms with Gasteiger partial charge in [0.15, 0.2) is 16.8 Å². The average molecular weight is 422 g/mol. The number of carbonyl (C=O) groups excluding carboxylic acids is 1. The van der Waals surface area contributed by atoms with Crippen molar-refractivity contribution < 1.29 is 4.79 Å². The molecular weight excluding hydrogens is 406 g/mol. The van der Waals surface area contributed by atoms with E-state index in [4.69, 9.17) is 0 Å². The van der Waals surface area contributed by atoms with Crippen molar-refractivity contribution in [1.29, 1.82) is 0 Å². The summed E-state index contributed by atoms with van der Waals surface area (Å²) in [5.74, 6) is 0.953. The standard InChI is InChI=1S/C17H16BrN3OS2/c1-3-21-16(14-5-4-10-23-14)19-20-17(21)24-11(2)15(22)12-6-8-13(18)9-7-12/h4-11H,3H2,1-2H3/t11-/m1/s1. The Morgan fingerprint density at radius 3 is 2.67 bits per heavy atom. The first-order valence-electron chi connectivity index (χ1n) is 7.53. The minimum atomic E-state index is -0.225. The molecule has 0 spiro atoms. The van der Waals surface area contributed by atoms with Gasteiger partial charge in [-0.2, -0.15) is 0 Å². The zero-order valence-corrected chi connectivity index (χ0v) is 16.5. The van der Waals surface area contributed by atoms with E-state index in [2.05, 4.69) is 37.6 Å². The van der Waals surface area contributed by atoms with Gasteiger partial charge in [-0.1, -0.05) is 45.9 Å². The number of carbonyl (C=O) groups is 1. The number of rotatable bonds is 6. The largest absolute Gasteiger partial charge is 0.302 e. The first-order chi connectivity index (χ1) is 11.6. The summed E-state index contributed by atoms with van der Waals surface area (Å²) in [6.07, 6.45) is 0. The molecule has 0 aliphatic heterocycles. The van der Waals surface area contributed by atoms with E-state index in [-0.39, 0.29) is 11.0 Å². The van der Waals surface area contributed by atoms with Crippen molar-refractivity contribution in [3.8, 4) is 10.7 Å². The lowest BCUT2D eigenvalue weighted by molar-refractivity contribution is 0.0994. The number of thioether (sulfide) groups is 1. The Kier molecular flexibility index (Phi) is 5.53. The molecule has 0 aliphatic carbocycles. The second-order valence-electron chi connectivity index (χ2n) is 5.16. The minimum absolute atomic E-state index is 0.0934. The molecule has 0 saturated carbocycles. The molecule has 4 nitrogen and oxygen atoms in total. The smallest absolute Gasteiger partial charge is 0.192 e. The number of ketones is 1. The Morgan fingerprint density at radius 1 is 1.29 bits per heavy atom. The molecule has 0 saturated heterocycles. The van der Waals surface area contributed by atoms with Crippen LogP contribution in [-0.2, 0) is 6.54 Å². The molecule has 0 bridgehead atoms. The highest BCUT2D eigenvalue weighted by Gasteiger charge is 2.21. The number of hydrogen-bond donors (Lipinski definition) is 0. The van der Waals surface area contributed by atoms with Crippen LogP contribution in [0.5, 0.6) is 0 Å². The second kappa shape index (κ2) is 7.63. The van der Waals surface area contributed by atoms with Crippen LogP contribution >= 0.6 is 39.0 Å². The van der Waals surface area contributed by atoms with Gasteiger partial charge < -0.3 is 4.57 Å². The van der Waals surface area contributed by atoms with Crippen LogP contribution in [0.4, 0.5) is 0 Å². The van der Waals surface area contributed by atoms with E-state index in [9.17, 15) is 4.79 Å². The lowest BCUT2D eigenvalue weighted by Crippen LogP contribution is -2.14. The van der Waals surface area contributed by atoms with Crippen LogP contribution in [0, 0.1) is 0 Å². The first kappa shape index (κ1) is 17.4. The Morgan fingerprint density at radius 2 is 2.04 bits per heavy atom. The lowest BCUT2D eigenvalue weighted by Gasteiger charge is -2.11. The Labute approximate surface area is 157 Å². The van der Waals surface area contributed by atoms with E-state index in [1.54, 1.807) is 11.3 Å². The summed E-state index contributed by atoms with van der Waals surface area (Å²) in [4.78, 5) is 13.7. The molecule has 0 unspecified atom stereocenters. The molecule has 2 aromatic heterocycles. The third kappa shape index (κ3) is 3.63. The van der Waals surface area contributed by atoms with Gasteiger partial charge in [0.05, 0.1) is 10.1 Å². The van der Waals surface area contributed by atoms with Crippen molar-refractivity contribution in [3.63, 3.8) is 0 Å². The van der Waals surface area contributed by atoms with Crippen LogP contribution in [0.3, 0.4) is 0 Å². The molecule has 0 fully saturated rings. The SMILES string of the molecule is CCn1c(S[C@H](C)C(=O)c2ccc(Br)cc2)nnc1-c1cccs1. The maximum atomic E-state index is 12.6. The van der Waals surface area contributed by atoms with Gasteiger partial charge in [0.25, 0.3) is 0 Å². The molecule has 1 atom stereocenters. The van der Waals surface area contributed by atoms with Crippen molar-refractivity contribution in [1.82, 2.24) is 14.8 Å². The molecule has 0 aliphatic rings. The Balaban J connectivity index is 1.80.